The van der Waals surface area contributed by atoms with Crippen LogP contribution in [0.25, 0.3) is 0 Å². The second-order valence-electron chi connectivity index (χ2n) is 4.11. The molecule has 0 aromatic rings. The molecule has 0 bridgehead atoms. The smallest absolute Gasteiger partial charge is 0.306 e. The van der Waals surface area contributed by atoms with E-state index < -0.39 is 18.1 Å². The van der Waals surface area contributed by atoms with Crippen molar-refractivity contribution in [3.05, 3.63) is 0 Å². The average Bonchev–Trinajstić information content (AvgIpc) is 2.31. The highest BCUT2D eigenvalue weighted by atomic mass is 16.5. The molecular formula is C11H22N2O4. The third-order valence-corrected chi connectivity index (χ3v) is 2.80. The number of methoxy groups -OCH3 is 1. The fraction of sp³-hybridized carbons (Fsp3) is 0.818. The lowest BCUT2D eigenvalue weighted by molar-refractivity contribution is -0.140. The van der Waals surface area contributed by atoms with Crippen LogP contribution in [0.4, 0.5) is 0 Å². The van der Waals surface area contributed by atoms with E-state index in [1.807, 2.05) is 13.8 Å². The fourth-order valence-corrected chi connectivity index (χ4v) is 1.28. The van der Waals surface area contributed by atoms with E-state index in [2.05, 4.69) is 5.32 Å². The Labute approximate surface area is 102 Å². The summed E-state index contributed by atoms with van der Waals surface area (Å²) in [4.78, 5) is 22.1. The summed E-state index contributed by atoms with van der Waals surface area (Å²) in [6, 6.07) is -0.567. The second-order valence-corrected chi connectivity index (χ2v) is 4.11. The van der Waals surface area contributed by atoms with Crippen molar-refractivity contribution < 1.29 is 19.4 Å². The molecule has 0 radical (unpaired) electrons. The van der Waals surface area contributed by atoms with Gasteiger partial charge in [0.25, 0.3) is 0 Å². The number of hydrogen-bond donors (Lipinski definition) is 3. The normalized spacial score (nSPS) is 16.0. The number of hydrogen-bond acceptors (Lipinski definition) is 4. The highest BCUT2D eigenvalue weighted by Gasteiger charge is 2.20. The van der Waals surface area contributed by atoms with Crippen molar-refractivity contribution in [1.82, 2.24) is 5.32 Å². The van der Waals surface area contributed by atoms with Gasteiger partial charge in [-0.15, -0.1) is 0 Å². The predicted octanol–water partition coefficient (Wildman–Crippen LogP) is -0.0343. The molecule has 0 spiro atoms. The highest BCUT2D eigenvalue weighted by molar-refractivity contribution is 5.81. The number of carbonyl (C=O) groups excluding carboxylic acids is 1. The Hall–Kier alpha value is -1.14. The Kier molecular flexibility index (Phi) is 7.49. The summed E-state index contributed by atoms with van der Waals surface area (Å²) in [7, 11) is 1.41. The Morgan fingerprint density at radius 1 is 1.47 bits per heavy atom. The molecular weight excluding hydrogens is 224 g/mol. The summed E-state index contributed by atoms with van der Waals surface area (Å²) >= 11 is 0. The monoisotopic (exact) mass is 246 g/mol. The molecule has 0 rings (SSSR count). The maximum atomic E-state index is 11.6. The zero-order chi connectivity index (χ0) is 13.4. The standard InChI is InChI=1S/C11H22N2O4/c1-4-7(2)10(12)11(16)13-6-8(17-3)5-9(14)15/h7-8,10H,4-6,12H2,1-3H3,(H,13,16)(H,14,15)/t7?,8?,10-/m0/s1. The van der Waals surface area contributed by atoms with Gasteiger partial charge in [0.1, 0.15) is 0 Å². The summed E-state index contributed by atoms with van der Waals surface area (Å²) in [6.45, 7) is 4.02. The lowest BCUT2D eigenvalue weighted by Gasteiger charge is -2.20. The molecule has 1 amide bonds. The summed E-state index contributed by atoms with van der Waals surface area (Å²) in [5, 5.41) is 11.2. The van der Waals surface area contributed by atoms with E-state index in [9.17, 15) is 9.59 Å². The largest absolute Gasteiger partial charge is 0.481 e. The second kappa shape index (κ2) is 8.03. The van der Waals surface area contributed by atoms with Crippen molar-refractivity contribution in [1.29, 1.82) is 0 Å². The van der Waals surface area contributed by atoms with Crippen LogP contribution in [-0.2, 0) is 14.3 Å². The van der Waals surface area contributed by atoms with Gasteiger partial charge in [-0.1, -0.05) is 20.3 Å². The molecule has 0 fully saturated rings. The van der Waals surface area contributed by atoms with Gasteiger partial charge in [-0.2, -0.15) is 0 Å². The molecule has 0 aliphatic heterocycles. The number of nitrogens with two attached hydrogens (primary N) is 1. The number of amides is 1. The van der Waals surface area contributed by atoms with Crippen LogP contribution in [0.3, 0.4) is 0 Å². The Morgan fingerprint density at radius 2 is 2.06 bits per heavy atom. The first kappa shape index (κ1) is 15.9. The van der Waals surface area contributed by atoms with Gasteiger partial charge in [-0.3, -0.25) is 9.59 Å². The fourth-order valence-electron chi connectivity index (χ4n) is 1.28. The Morgan fingerprint density at radius 3 is 2.47 bits per heavy atom. The predicted molar refractivity (Wildman–Crippen MR) is 63.5 cm³/mol. The van der Waals surface area contributed by atoms with Crippen molar-refractivity contribution in [2.45, 2.75) is 38.8 Å². The van der Waals surface area contributed by atoms with Gasteiger partial charge in [0.15, 0.2) is 0 Å². The van der Waals surface area contributed by atoms with E-state index in [-0.39, 0.29) is 24.8 Å². The quantitative estimate of drug-likeness (QED) is 0.558. The zero-order valence-corrected chi connectivity index (χ0v) is 10.6. The molecule has 100 valence electrons. The maximum Gasteiger partial charge on any atom is 0.306 e. The first-order chi connectivity index (χ1) is 7.92. The number of carbonyl (C=O) groups is 2. The van der Waals surface area contributed by atoms with E-state index in [4.69, 9.17) is 15.6 Å². The van der Waals surface area contributed by atoms with Crippen molar-refractivity contribution in [2.75, 3.05) is 13.7 Å². The van der Waals surface area contributed by atoms with Crippen LogP contribution in [0.2, 0.25) is 0 Å². The number of aliphatic carboxylic acids is 1. The summed E-state index contributed by atoms with van der Waals surface area (Å²) in [6.07, 6.45) is 0.146. The molecule has 0 aromatic heterocycles. The summed E-state index contributed by atoms with van der Waals surface area (Å²) < 4.78 is 4.94. The average molecular weight is 246 g/mol. The maximum absolute atomic E-state index is 11.6. The first-order valence-electron chi connectivity index (χ1n) is 5.70. The number of carboxylic acids is 1. The lowest BCUT2D eigenvalue weighted by Crippen LogP contribution is -2.47. The molecule has 6 heteroatoms. The van der Waals surface area contributed by atoms with E-state index in [1.165, 1.54) is 7.11 Å². The van der Waals surface area contributed by atoms with Crippen molar-refractivity contribution >= 4 is 11.9 Å². The Balaban J connectivity index is 4.08. The molecule has 3 atom stereocenters. The number of carboxylic acid groups (broad SMARTS) is 1. The molecule has 0 saturated carbocycles. The molecule has 4 N–H and O–H groups in total. The molecule has 17 heavy (non-hydrogen) atoms. The third kappa shape index (κ3) is 6.23. The van der Waals surface area contributed by atoms with Crippen molar-refractivity contribution in [3.63, 3.8) is 0 Å². The van der Waals surface area contributed by atoms with E-state index in [0.29, 0.717) is 0 Å². The van der Waals surface area contributed by atoms with Crippen LogP contribution in [0.15, 0.2) is 0 Å². The highest BCUT2D eigenvalue weighted by Crippen LogP contribution is 2.05. The molecule has 0 aliphatic carbocycles. The molecule has 2 unspecified atom stereocenters. The van der Waals surface area contributed by atoms with Gasteiger partial charge in [-0.05, 0) is 5.92 Å². The Bertz CT molecular complexity index is 258. The van der Waals surface area contributed by atoms with E-state index >= 15 is 0 Å². The third-order valence-electron chi connectivity index (χ3n) is 2.80. The SMILES string of the molecule is CCC(C)[C@H](N)C(=O)NCC(CC(=O)O)OC. The minimum atomic E-state index is -0.961. The van der Waals surface area contributed by atoms with Gasteiger partial charge < -0.3 is 20.9 Å². The van der Waals surface area contributed by atoms with E-state index in [1.54, 1.807) is 0 Å². The number of rotatable bonds is 8. The van der Waals surface area contributed by atoms with Gasteiger partial charge in [0.05, 0.1) is 18.6 Å². The van der Waals surface area contributed by atoms with Crippen LogP contribution in [-0.4, -0.2) is 42.8 Å². The topological polar surface area (TPSA) is 102 Å². The molecule has 0 aliphatic rings. The number of ether oxygens (including phenoxy) is 1. The zero-order valence-electron chi connectivity index (χ0n) is 10.6. The van der Waals surface area contributed by atoms with Gasteiger partial charge in [-0.25, -0.2) is 0 Å². The van der Waals surface area contributed by atoms with Gasteiger partial charge in [0.2, 0.25) is 5.91 Å². The molecule has 0 aromatic carbocycles. The summed E-state index contributed by atoms with van der Waals surface area (Å²) in [5.74, 6) is -1.14. The van der Waals surface area contributed by atoms with Crippen LogP contribution in [0, 0.1) is 5.92 Å². The minimum absolute atomic E-state index is 0.0930. The van der Waals surface area contributed by atoms with Crippen molar-refractivity contribution in [3.8, 4) is 0 Å². The van der Waals surface area contributed by atoms with Crippen molar-refractivity contribution in [2.24, 2.45) is 11.7 Å². The minimum Gasteiger partial charge on any atom is -0.481 e. The molecule has 0 saturated heterocycles. The van der Waals surface area contributed by atoms with Crippen LogP contribution < -0.4 is 11.1 Å². The summed E-state index contributed by atoms with van der Waals surface area (Å²) in [5.41, 5.74) is 5.73. The first-order valence-corrected chi connectivity index (χ1v) is 5.70. The molecule has 0 heterocycles. The van der Waals surface area contributed by atoms with E-state index in [0.717, 1.165) is 6.42 Å². The van der Waals surface area contributed by atoms with Crippen LogP contribution in [0.1, 0.15) is 26.7 Å². The lowest BCUT2D eigenvalue weighted by atomic mass is 9.99. The van der Waals surface area contributed by atoms with Gasteiger partial charge in [0, 0.05) is 13.7 Å². The molecule has 6 nitrogen and oxygen atoms in total. The van der Waals surface area contributed by atoms with Crippen LogP contribution in [0.5, 0.6) is 0 Å². The number of nitrogens with one attached hydrogen (secondary N) is 1. The van der Waals surface area contributed by atoms with Gasteiger partial charge >= 0.3 is 5.97 Å². The van der Waals surface area contributed by atoms with Crippen LogP contribution >= 0.6 is 0 Å².